The lowest BCUT2D eigenvalue weighted by molar-refractivity contribution is -0.141. The number of hydrogen-bond donors (Lipinski definition) is 2. The van der Waals surface area contributed by atoms with Crippen LogP contribution in [0.2, 0.25) is 0 Å². The van der Waals surface area contributed by atoms with E-state index in [0.29, 0.717) is 12.0 Å². The number of ketones is 1. The Hall–Kier alpha value is -1.16. The van der Waals surface area contributed by atoms with Crippen molar-refractivity contribution in [1.29, 1.82) is 0 Å². The second kappa shape index (κ2) is 4.75. The molecule has 2 N–H and O–H groups in total. The number of aliphatic hydroxyl groups excluding tert-OH is 1. The molecule has 0 bridgehead atoms. The first-order valence-corrected chi connectivity index (χ1v) is 6.94. The maximum absolute atomic E-state index is 12.1. The molecule has 0 heterocycles. The lowest BCUT2D eigenvalue weighted by Crippen LogP contribution is -2.47. The second-order valence-corrected chi connectivity index (χ2v) is 6.28. The van der Waals surface area contributed by atoms with E-state index in [9.17, 15) is 14.7 Å². The summed E-state index contributed by atoms with van der Waals surface area (Å²) in [5, 5.41) is 19.2. The number of carboxylic acids is 1. The van der Waals surface area contributed by atoms with E-state index >= 15 is 0 Å². The maximum Gasteiger partial charge on any atom is 0.310 e. The minimum Gasteiger partial charge on any atom is -0.481 e. The standard InChI is InChI=1S/C15H22O4/c1-8(14(18)19)11-7-15(3)9(2)12(16)5-4-10(15)6-13(11)17/h7-10,12,16H,4-6H2,1-3H3,(H,18,19). The van der Waals surface area contributed by atoms with Crippen molar-refractivity contribution in [2.75, 3.05) is 0 Å². The van der Waals surface area contributed by atoms with Gasteiger partial charge in [0.15, 0.2) is 5.78 Å². The summed E-state index contributed by atoms with van der Waals surface area (Å²) >= 11 is 0. The fourth-order valence-electron chi connectivity index (χ4n) is 3.55. The SMILES string of the molecule is CC(C(=O)O)C1=CC2(C)C(CCC(O)C2C)CC1=O. The number of hydrogen-bond acceptors (Lipinski definition) is 3. The number of allylic oxidation sites excluding steroid dienone is 1. The number of rotatable bonds is 2. The van der Waals surface area contributed by atoms with Crippen molar-refractivity contribution < 1.29 is 19.8 Å². The number of carboxylic acid groups (broad SMARTS) is 1. The number of carbonyl (C=O) groups excluding carboxylic acids is 1. The molecule has 0 amide bonds. The normalized spacial score (nSPS) is 40.3. The Morgan fingerprint density at radius 2 is 2.11 bits per heavy atom. The summed E-state index contributed by atoms with van der Waals surface area (Å²) in [5.74, 6) is -1.50. The van der Waals surface area contributed by atoms with Gasteiger partial charge in [-0.2, -0.15) is 0 Å². The Morgan fingerprint density at radius 3 is 2.68 bits per heavy atom. The number of Topliss-reactive ketones (excluding diaryl/α,β-unsaturated/α-hetero) is 1. The molecule has 0 radical (unpaired) electrons. The van der Waals surface area contributed by atoms with E-state index in [1.54, 1.807) is 6.92 Å². The van der Waals surface area contributed by atoms with Crippen LogP contribution in [-0.2, 0) is 9.59 Å². The fraction of sp³-hybridized carbons (Fsp3) is 0.733. The molecular formula is C15H22O4. The van der Waals surface area contributed by atoms with Crippen LogP contribution in [0.15, 0.2) is 11.6 Å². The van der Waals surface area contributed by atoms with Crippen molar-refractivity contribution in [3.8, 4) is 0 Å². The van der Waals surface area contributed by atoms with Crippen LogP contribution in [0.4, 0.5) is 0 Å². The van der Waals surface area contributed by atoms with Gasteiger partial charge in [0, 0.05) is 12.0 Å². The highest BCUT2D eigenvalue weighted by molar-refractivity contribution is 6.01. The van der Waals surface area contributed by atoms with Gasteiger partial charge >= 0.3 is 5.97 Å². The molecule has 2 aliphatic rings. The third-order valence-corrected chi connectivity index (χ3v) is 5.31. The Bertz CT molecular complexity index is 439. The van der Waals surface area contributed by atoms with Gasteiger partial charge in [-0.1, -0.05) is 19.9 Å². The minimum absolute atomic E-state index is 0.0408. The summed E-state index contributed by atoms with van der Waals surface area (Å²) < 4.78 is 0. The Balaban J connectivity index is 2.41. The zero-order chi connectivity index (χ0) is 14.4. The molecule has 5 unspecified atom stereocenters. The third kappa shape index (κ3) is 2.22. The molecule has 0 aromatic rings. The van der Waals surface area contributed by atoms with E-state index < -0.39 is 11.9 Å². The Labute approximate surface area is 113 Å². The molecule has 5 atom stereocenters. The molecular weight excluding hydrogens is 244 g/mol. The van der Waals surface area contributed by atoms with Crippen LogP contribution in [0.25, 0.3) is 0 Å². The highest BCUT2D eigenvalue weighted by Gasteiger charge is 2.48. The maximum atomic E-state index is 12.1. The highest BCUT2D eigenvalue weighted by atomic mass is 16.4. The van der Waals surface area contributed by atoms with Crippen LogP contribution in [0, 0.1) is 23.2 Å². The lowest BCUT2D eigenvalue weighted by atomic mass is 9.56. The molecule has 19 heavy (non-hydrogen) atoms. The van der Waals surface area contributed by atoms with Gasteiger partial charge in [0.2, 0.25) is 0 Å². The van der Waals surface area contributed by atoms with E-state index in [1.807, 2.05) is 19.9 Å². The zero-order valence-electron chi connectivity index (χ0n) is 11.7. The summed E-state index contributed by atoms with van der Waals surface area (Å²) in [4.78, 5) is 23.2. The number of aliphatic hydroxyl groups is 1. The van der Waals surface area contributed by atoms with Crippen molar-refractivity contribution in [2.45, 2.75) is 46.1 Å². The summed E-state index contributed by atoms with van der Waals surface area (Å²) in [6, 6.07) is 0. The Kier molecular flexibility index (Phi) is 3.56. The van der Waals surface area contributed by atoms with E-state index in [1.165, 1.54) is 0 Å². The van der Waals surface area contributed by atoms with Gasteiger partial charge < -0.3 is 10.2 Å². The molecule has 2 rings (SSSR count). The second-order valence-electron chi connectivity index (χ2n) is 6.28. The lowest BCUT2D eigenvalue weighted by Gasteiger charge is -2.49. The Morgan fingerprint density at radius 1 is 1.47 bits per heavy atom. The number of fused-ring (bicyclic) bond motifs is 1. The first kappa shape index (κ1) is 14.3. The largest absolute Gasteiger partial charge is 0.481 e. The van der Waals surface area contributed by atoms with Crippen molar-refractivity contribution in [3.05, 3.63) is 11.6 Å². The van der Waals surface area contributed by atoms with Gasteiger partial charge in [0.1, 0.15) is 0 Å². The van der Waals surface area contributed by atoms with E-state index in [0.717, 1.165) is 12.8 Å². The zero-order valence-corrected chi connectivity index (χ0v) is 11.7. The molecule has 4 heteroatoms. The summed E-state index contributed by atoms with van der Waals surface area (Å²) in [5.41, 5.74) is 0.136. The molecule has 1 saturated carbocycles. The average Bonchev–Trinajstić information content (AvgIpc) is 2.35. The molecule has 1 fully saturated rings. The number of aliphatic carboxylic acids is 1. The minimum atomic E-state index is -0.967. The van der Waals surface area contributed by atoms with Crippen LogP contribution >= 0.6 is 0 Å². The van der Waals surface area contributed by atoms with Gasteiger partial charge in [-0.25, -0.2) is 0 Å². The summed E-state index contributed by atoms with van der Waals surface area (Å²) in [6.45, 7) is 5.59. The molecule has 106 valence electrons. The number of carbonyl (C=O) groups is 2. The molecule has 4 nitrogen and oxygen atoms in total. The van der Waals surface area contributed by atoms with Crippen LogP contribution in [0.1, 0.15) is 40.0 Å². The monoisotopic (exact) mass is 266 g/mol. The van der Waals surface area contributed by atoms with Gasteiger partial charge in [-0.05, 0) is 37.0 Å². The summed E-state index contributed by atoms with van der Waals surface area (Å²) in [7, 11) is 0. The van der Waals surface area contributed by atoms with Gasteiger partial charge in [-0.3, -0.25) is 9.59 Å². The van der Waals surface area contributed by atoms with E-state index in [4.69, 9.17) is 5.11 Å². The first-order chi connectivity index (χ1) is 8.77. The molecule has 0 saturated heterocycles. The fourth-order valence-corrected chi connectivity index (χ4v) is 3.55. The topological polar surface area (TPSA) is 74.6 Å². The van der Waals surface area contributed by atoms with Crippen molar-refractivity contribution >= 4 is 11.8 Å². The van der Waals surface area contributed by atoms with Crippen LogP contribution in [-0.4, -0.2) is 28.1 Å². The molecule has 0 spiro atoms. The van der Waals surface area contributed by atoms with Crippen LogP contribution in [0.5, 0.6) is 0 Å². The average molecular weight is 266 g/mol. The van der Waals surface area contributed by atoms with Crippen molar-refractivity contribution in [2.24, 2.45) is 23.2 Å². The van der Waals surface area contributed by atoms with E-state index in [-0.39, 0.29) is 29.1 Å². The van der Waals surface area contributed by atoms with Gasteiger partial charge in [0.25, 0.3) is 0 Å². The third-order valence-electron chi connectivity index (χ3n) is 5.31. The van der Waals surface area contributed by atoms with Gasteiger partial charge in [-0.15, -0.1) is 0 Å². The quantitative estimate of drug-likeness (QED) is 0.802. The van der Waals surface area contributed by atoms with Crippen molar-refractivity contribution in [3.63, 3.8) is 0 Å². The van der Waals surface area contributed by atoms with E-state index in [2.05, 4.69) is 0 Å². The first-order valence-electron chi connectivity index (χ1n) is 6.94. The molecule has 0 aromatic heterocycles. The van der Waals surface area contributed by atoms with Crippen LogP contribution in [0.3, 0.4) is 0 Å². The smallest absolute Gasteiger partial charge is 0.310 e. The van der Waals surface area contributed by atoms with Crippen molar-refractivity contribution in [1.82, 2.24) is 0 Å². The van der Waals surface area contributed by atoms with Gasteiger partial charge in [0.05, 0.1) is 12.0 Å². The molecule has 2 aliphatic carbocycles. The predicted molar refractivity (Wildman–Crippen MR) is 70.5 cm³/mol. The summed E-state index contributed by atoms with van der Waals surface area (Å²) in [6.07, 6.45) is 3.45. The predicted octanol–water partition coefficient (Wildman–Crippen LogP) is 2.02. The molecule has 0 aromatic carbocycles. The van der Waals surface area contributed by atoms with Crippen LogP contribution < -0.4 is 0 Å². The highest BCUT2D eigenvalue weighted by Crippen LogP contribution is 2.51. The molecule has 0 aliphatic heterocycles.